The Hall–Kier alpha value is -3.65. The minimum atomic E-state index is -0.0814. The van der Waals surface area contributed by atoms with Crippen molar-refractivity contribution in [1.29, 1.82) is 0 Å². The van der Waals surface area contributed by atoms with Gasteiger partial charge in [-0.05, 0) is 50.1 Å². The van der Waals surface area contributed by atoms with Gasteiger partial charge in [-0.2, -0.15) is 5.10 Å². The number of nitrogens with one attached hydrogen (secondary N) is 1. The predicted molar refractivity (Wildman–Crippen MR) is 127 cm³/mol. The van der Waals surface area contributed by atoms with Crippen LogP contribution in [0, 0.1) is 20.8 Å². The van der Waals surface area contributed by atoms with Crippen LogP contribution < -0.4 is 5.32 Å². The predicted octanol–water partition coefficient (Wildman–Crippen LogP) is 4.70. The molecule has 5 rings (SSSR count). The van der Waals surface area contributed by atoms with Crippen molar-refractivity contribution in [2.24, 2.45) is 0 Å². The van der Waals surface area contributed by atoms with E-state index in [0.717, 1.165) is 28.0 Å². The van der Waals surface area contributed by atoms with Gasteiger partial charge in [0.05, 0.1) is 11.4 Å². The van der Waals surface area contributed by atoms with Gasteiger partial charge in [0, 0.05) is 23.6 Å². The number of carbonyl (C=O) groups is 1. The van der Waals surface area contributed by atoms with Gasteiger partial charge in [0.15, 0.2) is 10.8 Å². The molecule has 0 fully saturated rings. The summed E-state index contributed by atoms with van der Waals surface area (Å²) in [5.74, 6) is 0.161. The molecule has 0 radical (unpaired) electrons. The quantitative estimate of drug-likeness (QED) is 0.399. The number of carbonyl (C=O) groups excluding carboxylic acids is 1. The lowest BCUT2D eigenvalue weighted by Gasteiger charge is -2.07. The smallest absolute Gasteiger partial charge is 0.234 e. The fourth-order valence-corrected chi connectivity index (χ4v) is 4.22. The maximum atomic E-state index is 12.4. The van der Waals surface area contributed by atoms with Crippen molar-refractivity contribution >= 4 is 34.5 Å². The molecule has 3 heterocycles. The summed E-state index contributed by atoms with van der Waals surface area (Å²) in [5, 5.41) is 16.9. The van der Waals surface area contributed by atoms with Gasteiger partial charge in [-0.1, -0.05) is 47.7 Å². The van der Waals surface area contributed by atoms with E-state index in [1.807, 2.05) is 48.0 Å². The lowest BCUT2D eigenvalue weighted by Crippen LogP contribution is -2.14. The van der Waals surface area contributed by atoms with Gasteiger partial charge in [-0.3, -0.25) is 9.20 Å². The summed E-state index contributed by atoms with van der Waals surface area (Å²) in [5.41, 5.74) is 7.85. The van der Waals surface area contributed by atoms with Crippen molar-refractivity contribution in [3.63, 3.8) is 0 Å². The van der Waals surface area contributed by atoms with Gasteiger partial charge in [-0.25, -0.2) is 4.52 Å². The van der Waals surface area contributed by atoms with Gasteiger partial charge in [0.2, 0.25) is 5.91 Å². The second kappa shape index (κ2) is 8.12. The van der Waals surface area contributed by atoms with E-state index in [9.17, 15) is 4.79 Å². The van der Waals surface area contributed by atoms with Crippen LogP contribution in [0.2, 0.25) is 0 Å². The molecule has 0 atom stereocenters. The number of nitrogens with zero attached hydrogens (tertiary/aromatic N) is 5. The van der Waals surface area contributed by atoms with E-state index in [1.54, 1.807) is 4.52 Å². The molecule has 0 spiro atoms. The second-order valence-corrected chi connectivity index (χ2v) is 8.78. The third-order valence-electron chi connectivity index (χ3n) is 5.46. The number of amides is 1. The Morgan fingerprint density at radius 1 is 0.969 bits per heavy atom. The molecule has 0 aliphatic heterocycles. The Labute approximate surface area is 189 Å². The molecule has 3 aromatic heterocycles. The average molecular weight is 443 g/mol. The van der Waals surface area contributed by atoms with Crippen LogP contribution in [-0.4, -0.2) is 35.9 Å². The van der Waals surface area contributed by atoms with E-state index in [0.29, 0.717) is 10.8 Å². The highest BCUT2D eigenvalue weighted by molar-refractivity contribution is 7.99. The van der Waals surface area contributed by atoms with Gasteiger partial charge in [-0.15, -0.1) is 10.2 Å². The van der Waals surface area contributed by atoms with E-state index in [1.165, 1.54) is 22.9 Å². The molecule has 8 heteroatoms. The highest BCUT2D eigenvalue weighted by atomic mass is 32.2. The summed E-state index contributed by atoms with van der Waals surface area (Å²) in [7, 11) is 0. The summed E-state index contributed by atoms with van der Waals surface area (Å²) in [4.78, 5) is 12.4. The molecule has 32 heavy (non-hydrogen) atoms. The lowest BCUT2D eigenvalue weighted by atomic mass is 10.1. The number of thioether (sulfide) groups is 1. The van der Waals surface area contributed by atoms with Crippen LogP contribution in [0.1, 0.15) is 16.7 Å². The topological polar surface area (TPSA) is 76.6 Å². The number of fused-ring (bicyclic) bond motifs is 3. The van der Waals surface area contributed by atoms with Crippen molar-refractivity contribution in [2.75, 3.05) is 11.1 Å². The molecular formula is C24H22N6OS. The number of hydrogen-bond acceptors (Lipinski definition) is 5. The molecule has 2 aromatic carbocycles. The van der Waals surface area contributed by atoms with Crippen LogP contribution in [0.5, 0.6) is 0 Å². The van der Waals surface area contributed by atoms with Crippen LogP contribution in [0.25, 0.3) is 22.4 Å². The number of aromatic nitrogens is 5. The molecule has 160 valence electrons. The van der Waals surface area contributed by atoms with Gasteiger partial charge in [0.1, 0.15) is 5.52 Å². The van der Waals surface area contributed by atoms with E-state index in [-0.39, 0.29) is 11.7 Å². The Morgan fingerprint density at radius 2 is 1.78 bits per heavy atom. The van der Waals surface area contributed by atoms with E-state index in [2.05, 4.69) is 58.7 Å². The van der Waals surface area contributed by atoms with Crippen molar-refractivity contribution in [2.45, 2.75) is 25.9 Å². The van der Waals surface area contributed by atoms with E-state index in [4.69, 9.17) is 0 Å². The second-order valence-electron chi connectivity index (χ2n) is 7.84. The highest BCUT2D eigenvalue weighted by Crippen LogP contribution is 2.24. The summed E-state index contributed by atoms with van der Waals surface area (Å²) in [6.45, 7) is 6.15. The van der Waals surface area contributed by atoms with Crippen LogP contribution >= 0.6 is 11.8 Å². The first-order chi connectivity index (χ1) is 15.5. The summed E-state index contributed by atoms with van der Waals surface area (Å²) >= 11 is 1.35. The first-order valence-electron chi connectivity index (χ1n) is 10.3. The van der Waals surface area contributed by atoms with Crippen molar-refractivity contribution < 1.29 is 4.79 Å². The standard InChI is InChI=1S/C24H22N6OS/c1-15-4-7-18(8-5-15)20-13-21-23-26-27-24(29(23)10-11-30(21)28-20)32-14-22(31)25-19-9-6-16(2)17(3)12-19/h4-13H,14H2,1-3H3,(H,25,31). The molecule has 1 N–H and O–H groups in total. The van der Waals surface area contributed by atoms with Crippen molar-refractivity contribution in [1.82, 2.24) is 24.2 Å². The monoisotopic (exact) mass is 442 g/mol. The minimum absolute atomic E-state index is 0.0814. The third-order valence-corrected chi connectivity index (χ3v) is 6.40. The first kappa shape index (κ1) is 20.3. The molecule has 1 amide bonds. The maximum Gasteiger partial charge on any atom is 0.234 e. The molecular weight excluding hydrogens is 420 g/mol. The van der Waals surface area contributed by atoms with Crippen molar-refractivity contribution in [3.05, 3.63) is 77.6 Å². The minimum Gasteiger partial charge on any atom is -0.325 e. The molecule has 0 aliphatic rings. The molecule has 0 saturated heterocycles. The number of rotatable bonds is 5. The zero-order valence-electron chi connectivity index (χ0n) is 18.0. The van der Waals surface area contributed by atoms with Crippen LogP contribution in [-0.2, 0) is 4.79 Å². The number of anilines is 1. The summed E-state index contributed by atoms with van der Waals surface area (Å²) < 4.78 is 3.70. The largest absolute Gasteiger partial charge is 0.325 e. The maximum absolute atomic E-state index is 12.4. The Kier molecular flexibility index (Phi) is 5.14. The fourth-order valence-electron chi connectivity index (χ4n) is 3.50. The molecule has 7 nitrogen and oxygen atoms in total. The molecule has 0 saturated carbocycles. The number of hydrogen-bond donors (Lipinski definition) is 1. The average Bonchev–Trinajstić information content (AvgIpc) is 3.39. The van der Waals surface area contributed by atoms with Crippen molar-refractivity contribution in [3.8, 4) is 11.3 Å². The van der Waals surface area contributed by atoms with Crippen LogP contribution in [0.3, 0.4) is 0 Å². The van der Waals surface area contributed by atoms with Gasteiger partial charge in [0.25, 0.3) is 0 Å². The zero-order valence-corrected chi connectivity index (χ0v) is 18.8. The Bertz CT molecular complexity index is 1450. The molecule has 0 unspecified atom stereocenters. The summed E-state index contributed by atoms with van der Waals surface area (Å²) in [6, 6.07) is 16.2. The Morgan fingerprint density at radius 3 is 2.56 bits per heavy atom. The van der Waals surface area contributed by atoms with Crippen LogP contribution in [0.4, 0.5) is 5.69 Å². The fraction of sp³-hybridized carbons (Fsp3) is 0.167. The van der Waals surface area contributed by atoms with Gasteiger partial charge < -0.3 is 5.32 Å². The zero-order chi connectivity index (χ0) is 22.2. The first-order valence-corrected chi connectivity index (χ1v) is 11.3. The third kappa shape index (κ3) is 3.85. The molecule has 0 aliphatic carbocycles. The van der Waals surface area contributed by atoms with Gasteiger partial charge >= 0.3 is 0 Å². The number of benzene rings is 2. The normalized spacial score (nSPS) is 11.3. The van der Waals surface area contributed by atoms with E-state index < -0.39 is 0 Å². The number of aryl methyl sites for hydroxylation is 3. The molecule has 0 bridgehead atoms. The summed E-state index contributed by atoms with van der Waals surface area (Å²) in [6.07, 6.45) is 3.75. The lowest BCUT2D eigenvalue weighted by molar-refractivity contribution is -0.113. The molecule has 5 aromatic rings. The Balaban J connectivity index is 1.35. The SMILES string of the molecule is Cc1ccc(-c2cc3c4nnc(SCC(=O)Nc5ccc(C)c(C)c5)n4ccn3n2)cc1. The van der Waals surface area contributed by atoms with E-state index >= 15 is 0 Å². The van der Waals surface area contributed by atoms with Crippen LogP contribution in [0.15, 0.2) is 66.1 Å². The highest BCUT2D eigenvalue weighted by Gasteiger charge is 2.14.